The lowest BCUT2D eigenvalue weighted by molar-refractivity contribution is -0.152. The van der Waals surface area contributed by atoms with Crippen LogP contribution in [0.1, 0.15) is 54.5 Å². The Balaban J connectivity index is 1.17. The van der Waals surface area contributed by atoms with Gasteiger partial charge in [0.05, 0.1) is 17.7 Å². The van der Waals surface area contributed by atoms with Crippen molar-refractivity contribution in [2.45, 2.75) is 66.2 Å². The molecule has 0 amide bonds. The standard InChI is InChI=1S/C33H41N3O4S/c1-21-5-8-30(28(15-21)29-20-41-32(34-29)36-13-11-33(4,31(37)38)22(2)16-36)40-18-25-7-6-24-17-35(26-10-14-39-19-26)12-9-27(24)23(25)3/h5-8,15,20,22,26H,9-14,16-19H2,1-4H3,(H,37,38)/t22-,26?,33-/m0/s1. The first-order valence-electron chi connectivity index (χ1n) is 14.8. The molecule has 0 spiro atoms. The highest BCUT2D eigenvalue weighted by molar-refractivity contribution is 7.14. The van der Waals surface area contributed by atoms with Crippen molar-refractivity contribution in [2.24, 2.45) is 11.3 Å². The summed E-state index contributed by atoms with van der Waals surface area (Å²) in [5.41, 5.74) is 7.87. The monoisotopic (exact) mass is 575 g/mol. The smallest absolute Gasteiger partial charge is 0.309 e. The van der Waals surface area contributed by atoms with Crippen LogP contribution >= 0.6 is 11.3 Å². The SMILES string of the molecule is Cc1ccc(OCc2ccc3c(c2C)CCN(C2CCOC2)C3)c(-c2csc(N3CC[C@](C)(C(=O)O)[C@@H](C)C3)n2)c1. The number of ether oxygens (including phenoxy) is 2. The van der Waals surface area contributed by atoms with E-state index in [9.17, 15) is 9.90 Å². The first-order valence-corrected chi connectivity index (χ1v) is 15.7. The third kappa shape index (κ3) is 5.49. The molecule has 8 heteroatoms. The summed E-state index contributed by atoms with van der Waals surface area (Å²) in [5, 5.41) is 12.8. The normalized spacial score (nSPS) is 24.8. The Kier molecular flexibility index (Phi) is 7.83. The Labute approximate surface area is 247 Å². The Morgan fingerprint density at radius 1 is 1.24 bits per heavy atom. The van der Waals surface area contributed by atoms with Crippen LogP contribution in [0.25, 0.3) is 11.3 Å². The largest absolute Gasteiger partial charge is 0.488 e. The Morgan fingerprint density at radius 3 is 2.85 bits per heavy atom. The van der Waals surface area contributed by atoms with E-state index in [1.165, 1.54) is 22.3 Å². The molecule has 3 atom stereocenters. The van der Waals surface area contributed by atoms with Gasteiger partial charge >= 0.3 is 5.97 Å². The molecular weight excluding hydrogens is 534 g/mol. The van der Waals surface area contributed by atoms with E-state index in [-0.39, 0.29) is 5.92 Å². The molecule has 0 saturated carbocycles. The second-order valence-electron chi connectivity index (χ2n) is 12.3. The van der Waals surface area contributed by atoms with Gasteiger partial charge in [0, 0.05) is 49.8 Å². The van der Waals surface area contributed by atoms with Gasteiger partial charge in [-0.05, 0) is 80.3 Å². The predicted molar refractivity (Wildman–Crippen MR) is 163 cm³/mol. The number of carboxylic acids is 1. The molecule has 6 rings (SSSR count). The van der Waals surface area contributed by atoms with Crippen LogP contribution in [0, 0.1) is 25.2 Å². The summed E-state index contributed by atoms with van der Waals surface area (Å²) in [6, 6.07) is 11.4. The highest BCUT2D eigenvalue weighted by Crippen LogP contribution is 2.40. The fourth-order valence-electron chi connectivity index (χ4n) is 6.58. The average molecular weight is 576 g/mol. The van der Waals surface area contributed by atoms with Gasteiger partial charge in [-0.1, -0.05) is 30.7 Å². The quantitative estimate of drug-likeness (QED) is 0.365. The van der Waals surface area contributed by atoms with Crippen LogP contribution in [-0.4, -0.2) is 59.8 Å². The lowest BCUT2D eigenvalue weighted by Crippen LogP contribution is -2.48. The maximum atomic E-state index is 11.9. The van der Waals surface area contributed by atoms with Gasteiger partial charge in [0.25, 0.3) is 0 Å². The molecule has 1 N–H and O–H groups in total. The van der Waals surface area contributed by atoms with E-state index in [1.54, 1.807) is 11.3 Å². The average Bonchev–Trinajstić information content (AvgIpc) is 3.68. The maximum Gasteiger partial charge on any atom is 0.309 e. The number of carboxylic acid groups (broad SMARTS) is 1. The van der Waals surface area contributed by atoms with E-state index in [0.29, 0.717) is 32.2 Å². The van der Waals surface area contributed by atoms with Gasteiger partial charge in [-0.15, -0.1) is 11.3 Å². The number of nitrogens with zero attached hydrogens (tertiary/aromatic N) is 3. The molecule has 0 radical (unpaired) electrons. The number of aliphatic carboxylic acids is 1. The number of piperidine rings is 1. The number of anilines is 1. The van der Waals surface area contributed by atoms with E-state index in [4.69, 9.17) is 14.5 Å². The van der Waals surface area contributed by atoms with Gasteiger partial charge in [-0.2, -0.15) is 0 Å². The van der Waals surface area contributed by atoms with E-state index in [0.717, 1.165) is 66.8 Å². The van der Waals surface area contributed by atoms with Crippen molar-refractivity contribution in [1.29, 1.82) is 0 Å². The summed E-state index contributed by atoms with van der Waals surface area (Å²) >= 11 is 1.62. The molecule has 3 aromatic rings. The maximum absolute atomic E-state index is 11.9. The highest BCUT2D eigenvalue weighted by atomic mass is 32.1. The zero-order chi connectivity index (χ0) is 28.7. The van der Waals surface area contributed by atoms with E-state index in [2.05, 4.69) is 59.4 Å². The van der Waals surface area contributed by atoms with Crippen LogP contribution in [0.4, 0.5) is 5.13 Å². The van der Waals surface area contributed by atoms with Crippen molar-refractivity contribution in [3.63, 3.8) is 0 Å². The third-order valence-corrected chi connectivity index (χ3v) is 10.7. The molecule has 1 unspecified atom stereocenters. The third-order valence-electron chi connectivity index (χ3n) is 9.78. The van der Waals surface area contributed by atoms with Crippen LogP contribution in [0.3, 0.4) is 0 Å². The van der Waals surface area contributed by atoms with Gasteiger partial charge in [0.1, 0.15) is 12.4 Å². The van der Waals surface area contributed by atoms with Gasteiger partial charge in [-0.3, -0.25) is 9.69 Å². The second kappa shape index (κ2) is 11.4. The first kappa shape index (κ1) is 28.2. The molecule has 0 bridgehead atoms. The van der Waals surface area contributed by atoms with Crippen LogP contribution in [0.5, 0.6) is 5.75 Å². The highest BCUT2D eigenvalue weighted by Gasteiger charge is 2.43. The van der Waals surface area contributed by atoms with Crippen LogP contribution in [0.2, 0.25) is 0 Å². The van der Waals surface area contributed by atoms with Gasteiger partial charge in [0.15, 0.2) is 5.13 Å². The minimum absolute atomic E-state index is 0.0404. The zero-order valence-electron chi connectivity index (χ0n) is 24.6. The topological polar surface area (TPSA) is 75.1 Å². The molecule has 2 aromatic carbocycles. The molecule has 2 saturated heterocycles. The van der Waals surface area contributed by atoms with Crippen molar-refractivity contribution in [1.82, 2.24) is 9.88 Å². The molecule has 7 nitrogen and oxygen atoms in total. The molecule has 0 aliphatic carbocycles. The number of aryl methyl sites for hydroxylation is 1. The molecule has 3 aliphatic rings. The number of hydrogen-bond donors (Lipinski definition) is 1. The van der Waals surface area contributed by atoms with E-state index < -0.39 is 11.4 Å². The first-order chi connectivity index (χ1) is 19.7. The van der Waals surface area contributed by atoms with Crippen molar-refractivity contribution in [2.75, 3.05) is 37.7 Å². The number of rotatable bonds is 7. The fraction of sp³-hybridized carbons (Fsp3) is 0.515. The Morgan fingerprint density at radius 2 is 2.10 bits per heavy atom. The molecule has 4 heterocycles. The van der Waals surface area contributed by atoms with Crippen molar-refractivity contribution >= 4 is 22.4 Å². The summed E-state index contributed by atoms with van der Waals surface area (Å²) in [4.78, 5) is 21.7. The molecule has 2 fully saturated rings. The molecule has 218 valence electrons. The Bertz CT molecular complexity index is 1430. The summed E-state index contributed by atoms with van der Waals surface area (Å²) in [7, 11) is 0. The molecule has 41 heavy (non-hydrogen) atoms. The van der Waals surface area contributed by atoms with Crippen molar-refractivity contribution < 1.29 is 19.4 Å². The minimum Gasteiger partial charge on any atom is -0.488 e. The Hall–Kier alpha value is -2.94. The van der Waals surface area contributed by atoms with Gasteiger partial charge < -0.3 is 19.5 Å². The van der Waals surface area contributed by atoms with Crippen LogP contribution in [0.15, 0.2) is 35.7 Å². The van der Waals surface area contributed by atoms with Crippen molar-refractivity contribution in [3.05, 3.63) is 63.5 Å². The molecule has 3 aliphatic heterocycles. The number of benzene rings is 2. The van der Waals surface area contributed by atoms with Gasteiger partial charge in [0.2, 0.25) is 0 Å². The lowest BCUT2D eigenvalue weighted by Gasteiger charge is -2.41. The summed E-state index contributed by atoms with van der Waals surface area (Å²) in [6.45, 7) is 14.0. The number of hydrogen-bond acceptors (Lipinski definition) is 7. The van der Waals surface area contributed by atoms with Crippen LogP contribution in [-0.2, 0) is 29.1 Å². The number of carbonyl (C=O) groups is 1. The number of thiazole rings is 1. The fourth-order valence-corrected chi connectivity index (χ4v) is 7.44. The van der Waals surface area contributed by atoms with E-state index in [1.807, 2.05) is 13.8 Å². The number of aromatic nitrogens is 1. The van der Waals surface area contributed by atoms with Crippen molar-refractivity contribution in [3.8, 4) is 17.0 Å². The minimum atomic E-state index is -0.707. The molecule has 1 aromatic heterocycles. The zero-order valence-corrected chi connectivity index (χ0v) is 25.4. The summed E-state index contributed by atoms with van der Waals surface area (Å²) < 4.78 is 12.1. The second-order valence-corrected chi connectivity index (χ2v) is 13.2. The van der Waals surface area contributed by atoms with E-state index >= 15 is 0 Å². The van der Waals surface area contributed by atoms with Crippen LogP contribution < -0.4 is 9.64 Å². The van der Waals surface area contributed by atoms with Gasteiger partial charge in [-0.25, -0.2) is 4.98 Å². The summed E-state index contributed by atoms with van der Waals surface area (Å²) in [6.07, 6.45) is 2.83. The molecular formula is C33H41N3O4S. The number of fused-ring (bicyclic) bond motifs is 1. The summed E-state index contributed by atoms with van der Waals surface area (Å²) in [5.74, 6) is 0.169. The lowest BCUT2D eigenvalue weighted by atomic mass is 9.73. The predicted octanol–water partition coefficient (Wildman–Crippen LogP) is 6.09.